The van der Waals surface area contributed by atoms with Gasteiger partial charge < -0.3 is 5.11 Å². The van der Waals surface area contributed by atoms with Gasteiger partial charge in [-0.25, -0.2) is 0 Å². The van der Waals surface area contributed by atoms with E-state index in [2.05, 4.69) is 24.0 Å². The number of hydrogen-bond acceptors (Lipinski definition) is 2. The molecule has 2 heteroatoms. The number of aromatic nitrogens is 1. The van der Waals surface area contributed by atoms with Gasteiger partial charge in [-0.15, -0.1) is 0 Å². The van der Waals surface area contributed by atoms with Crippen molar-refractivity contribution in [3.05, 3.63) is 66.0 Å². The van der Waals surface area contributed by atoms with Gasteiger partial charge in [0.1, 0.15) is 0 Å². The summed E-state index contributed by atoms with van der Waals surface area (Å²) in [5.74, 6) is 0. The summed E-state index contributed by atoms with van der Waals surface area (Å²) in [4.78, 5) is 4.12. The second-order valence-corrected chi connectivity index (χ2v) is 4.62. The van der Waals surface area contributed by atoms with Gasteiger partial charge in [0.25, 0.3) is 0 Å². The second-order valence-electron chi connectivity index (χ2n) is 4.62. The highest BCUT2D eigenvalue weighted by atomic mass is 16.3. The highest BCUT2D eigenvalue weighted by Crippen LogP contribution is 2.27. The Morgan fingerprint density at radius 2 is 1.88 bits per heavy atom. The molecule has 0 spiro atoms. The van der Waals surface area contributed by atoms with Crippen LogP contribution in [0.4, 0.5) is 0 Å². The van der Waals surface area contributed by atoms with Crippen LogP contribution in [0.25, 0.3) is 0 Å². The SMILES string of the molecule is CC(CO)(Cc1cccnc1)c1ccccc1. The molecule has 0 amide bonds. The highest BCUT2D eigenvalue weighted by Gasteiger charge is 2.25. The fraction of sp³-hybridized carbons (Fsp3) is 0.267. The van der Waals surface area contributed by atoms with Crippen molar-refractivity contribution in [2.45, 2.75) is 18.8 Å². The smallest absolute Gasteiger partial charge is 0.0528 e. The third-order valence-electron chi connectivity index (χ3n) is 3.14. The Bertz CT molecular complexity index is 455. The van der Waals surface area contributed by atoms with Crippen molar-refractivity contribution in [1.29, 1.82) is 0 Å². The Labute approximate surface area is 102 Å². The van der Waals surface area contributed by atoms with Gasteiger partial charge in [0.2, 0.25) is 0 Å². The number of pyridine rings is 1. The van der Waals surface area contributed by atoms with E-state index in [9.17, 15) is 5.11 Å². The normalized spacial score (nSPS) is 14.2. The number of rotatable bonds is 4. The van der Waals surface area contributed by atoms with Crippen LogP contribution in [0.2, 0.25) is 0 Å². The lowest BCUT2D eigenvalue weighted by Crippen LogP contribution is -2.29. The van der Waals surface area contributed by atoms with Crippen molar-refractivity contribution in [2.75, 3.05) is 6.61 Å². The summed E-state index contributed by atoms with van der Waals surface area (Å²) in [6.07, 6.45) is 4.42. The molecule has 2 aromatic rings. The van der Waals surface area contributed by atoms with Crippen LogP contribution in [0, 0.1) is 0 Å². The van der Waals surface area contributed by atoms with E-state index in [1.165, 1.54) is 0 Å². The molecule has 2 nitrogen and oxygen atoms in total. The topological polar surface area (TPSA) is 33.1 Å². The van der Waals surface area contributed by atoms with Crippen molar-refractivity contribution < 1.29 is 5.11 Å². The molecule has 2 rings (SSSR count). The molecule has 0 fully saturated rings. The average Bonchev–Trinajstić information content (AvgIpc) is 2.41. The third-order valence-corrected chi connectivity index (χ3v) is 3.14. The molecule has 0 saturated heterocycles. The minimum atomic E-state index is -0.246. The Morgan fingerprint density at radius 3 is 2.47 bits per heavy atom. The maximum atomic E-state index is 9.68. The Morgan fingerprint density at radius 1 is 1.12 bits per heavy atom. The van der Waals surface area contributed by atoms with Gasteiger partial charge in [0.05, 0.1) is 6.61 Å². The number of benzene rings is 1. The lowest BCUT2D eigenvalue weighted by Gasteiger charge is -2.28. The van der Waals surface area contributed by atoms with E-state index < -0.39 is 0 Å². The number of aliphatic hydroxyl groups is 1. The van der Waals surface area contributed by atoms with Crippen LogP contribution in [-0.2, 0) is 11.8 Å². The van der Waals surface area contributed by atoms with Gasteiger partial charge in [-0.1, -0.05) is 43.3 Å². The number of aliphatic hydroxyl groups excluding tert-OH is 1. The van der Waals surface area contributed by atoms with E-state index in [1.807, 2.05) is 36.5 Å². The highest BCUT2D eigenvalue weighted by molar-refractivity contribution is 5.27. The first-order chi connectivity index (χ1) is 8.24. The van der Waals surface area contributed by atoms with Gasteiger partial charge >= 0.3 is 0 Å². The molecular formula is C15H17NO. The first-order valence-electron chi connectivity index (χ1n) is 5.80. The van der Waals surface area contributed by atoms with Crippen molar-refractivity contribution >= 4 is 0 Å². The van der Waals surface area contributed by atoms with Gasteiger partial charge in [-0.3, -0.25) is 4.98 Å². The zero-order valence-corrected chi connectivity index (χ0v) is 10.0. The zero-order valence-electron chi connectivity index (χ0n) is 10.0. The fourth-order valence-electron chi connectivity index (χ4n) is 2.04. The molecule has 0 saturated carbocycles. The molecule has 1 atom stereocenters. The van der Waals surface area contributed by atoms with Crippen LogP contribution >= 0.6 is 0 Å². The number of nitrogens with zero attached hydrogens (tertiary/aromatic N) is 1. The molecule has 17 heavy (non-hydrogen) atoms. The molecular weight excluding hydrogens is 210 g/mol. The van der Waals surface area contributed by atoms with Crippen molar-refractivity contribution in [3.8, 4) is 0 Å². The minimum absolute atomic E-state index is 0.131. The van der Waals surface area contributed by atoms with Gasteiger partial charge in [-0.05, 0) is 23.6 Å². The number of hydrogen-bond donors (Lipinski definition) is 1. The molecule has 0 aliphatic heterocycles. The molecule has 1 N–H and O–H groups in total. The summed E-state index contributed by atoms with van der Waals surface area (Å²) in [7, 11) is 0. The molecule has 1 unspecified atom stereocenters. The molecule has 1 aromatic carbocycles. The molecule has 0 bridgehead atoms. The predicted molar refractivity (Wildman–Crippen MR) is 68.8 cm³/mol. The van der Waals surface area contributed by atoms with E-state index in [-0.39, 0.29) is 12.0 Å². The summed E-state index contributed by atoms with van der Waals surface area (Å²) >= 11 is 0. The van der Waals surface area contributed by atoms with Crippen molar-refractivity contribution in [2.24, 2.45) is 0 Å². The van der Waals surface area contributed by atoms with Crippen LogP contribution in [0.1, 0.15) is 18.1 Å². The van der Waals surface area contributed by atoms with Crippen molar-refractivity contribution in [1.82, 2.24) is 4.98 Å². The van der Waals surface area contributed by atoms with Crippen LogP contribution in [0.5, 0.6) is 0 Å². The standard InChI is InChI=1S/C15H17NO/c1-15(12-17,14-7-3-2-4-8-14)10-13-6-5-9-16-11-13/h2-9,11,17H,10,12H2,1H3. The van der Waals surface area contributed by atoms with Crippen LogP contribution < -0.4 is 0 Å². The lowest BCUT2D eigenvalue weighted by atomic mass is 9.78. The molecule has 1 heterocycles. The third kappa shape index (κ3) is 2.71. The summed E-state index contributed by atoms with van der Waals surface area (Å²) in [6.45, 7) is 2.21. The van der Waals surface area contributed by atoms with E-state index >= 15 is 0 Å². The maximum absolute atomic E-state index is 9.68. The van der Waals surface area contributed by atoms with E-state index in [4.69, 9.17) is 0 Å². The van der Waals surface area contributed by atoms with Crippen LogP contribution in [-0.4, -0.2) is 16.7 Å². The van der Waals surface area contributed by atoms with Gasteiger partial charge in [0.15, 0.2) is 0 Å². The quantitative estimate of drug-likeness (QED) is 0.870. The molecule has 0 aliphatic rings. The minimum Gasteiger partial charge on any atom is -0.395 e. The van der Waals surface area contributed by atoms with E-state index in [1.54, 1.807) is 6.20 Å². The van der Waals surface area contributed by atoms with Gasteiger partial charge in [0, 0.05) is 17.8 Å². The first-order valence-corrected chi connectivity index (χ1v) is 5.80. The summed E-state index contributed by atoms with van der Waals surface area (Å²) in [5, 5.41) is 9.68. The van der Waals surface area contributed by atoms with E-state index in [0.717, 1.165) is 17.5 Å². The molecule has 0 aliphatic carbocycles. The zero-order chi connectivity index (χ0) is 12.1. The second kappa shape index (κ2) is 5.11. The summed E-state index contributed by atoms with van der Waals surface area (Å²) in [6, 6.07) is 14.1. The Balaban J connectivity index is 2.27. The van der Waals surface area contributed by atoms with Crippen LogP contribution in [0.15, 0.2) is 54.9 Å². The molecule has 1 aromatic heterocycles. The largest absolute Gasteiger partial charge is 0.395 e. The fourth-order valence-corrected chi connectivity index (χ4v) is 2.04. The monoisotopic (exact) mass is 227 g/mol. The predicted octanol–water partition coefficient (Wildman–Crippen LogP) is 2.57. The van der Waals surface area contributed by atoms with Gasteiger partial charge in [-0.2, -0.15) is 0 Å². The summed E-state index contributed by atoms with van der Waals surface area (Å²) < 4.78 is 0. The van der Waals surface area contributed by atoms with Crippen LogP contribution in [0.3, 0.4) is 0 Å². The van der Waals surface area contributed by atoms with E-state index in [0.29, 0.717) is 0 Å². The molecule has 88 valence electrons. The lowest BCUT2D eigenvalue weighted by molar-refractivity contribution is 0.204. The molecule has 0 radical (unpaired) electrons. The summed E-state index contributed by atoms with van der Waals surface area (Å²) in [5.41, 5.74) is 2.06. The first kappa shape index (κ1) is 11.8. The maximum Gasteiger partial charge on any atom is 0.0528 e. The Kier molecular flexibility index (Phi) is 3.55. The average molecular weight is 227 g/mol. The Hall–Kier alpha value is -1.67. The van der Waals surface area contributed by atoms with Crippen molar-refractivity contribution in [3.63, 3.8) is 0 Å².